The van der Waals surface area contributed by atoms with Crippen molar-refractivity contribution < 1.29 is 4.42 Å². The largest absolute Gasteiger partial charge is 0.419 e. The van der Waals surface area contributed by atoms with E-state index in [-0.39, 0.29) is 5.56 Å². The SMILES string of the molecule is CCc1sc(-c2nnc(CSc3nc4ccccc4c(=O)n3-c3ccccc3)o2)cc1C. The summed E-state index contributed by atoms with van der Waals surface area (Å²) < 4.78 is 7.56. The van der Waals surface area contributed by atoms with Crippen LogP contribution in [-0.4, -0.2) is 19.7 Å². The molecule has 5 aromatic rings. The van der Waals surface area contributed by atoms with Crippen LogP contribution >= 0.6 is 23.1 Å². The first-order chi connectivity index (χ1) is 15.6. The summed E-state index contributed by atoms with van der Waals surface area (Å²) in [6, 6.07) is 19.0. The molecule has 0 atom stereocenters. The molecule has 0 N–H and O–H groups in total. The number of fused-ring (bicyclic) bond motifs is 1. The van der Waals surface area contributed by atoms with E-state index in [1.165, 1.54) is 22.2 Å². The van der Waals surface area contributed by atoms with Gasteiger partial charge in [-0.2, -0.15) is 0 Å². The first kappa shape index (κ1) is 20.7. The molecule has 0 bridgehead atoms. The van der Waals surface area contributed by atoms with Gasteiger partial charge in [0.1, 0.15) is 0 Å². The van der Waals surface area contributed by atoms with Crippen molar-refractivity contribution in [2.75, 3.05) is 0 Å². The van der Waals surface area contributed by atoms with Crippen molar-refractivity contribution in [3.63, 3.8) is 0 Å². The lowest BCUT2D eigenvalue weighted by molar-refractivity contribution is 0.529. The van der Waals surface area contributed by atoms with Crippen LogP contribution in [0.2, 0.25) is 0 Å². The standard InChI is InChI=1S/C24H20N4O2S2/c1-3-19-15(2)13-20(32-19)22-27-26-21(30-22)14-31-24-25-18-12-8-7-11-17(18)23(29)28(24)16-9-5-4-6-10-16/h4-13H,3,14H2,1-2H3. The van der Waals surface area contributed by atoms with Crippen LogP contribution in [0.3, 0.4) is 0 Å². The summed E-state index contributed by atoms with van der Waals surface area (Å²) in [5.41, 5.74) is 2.58. The molecule has 6 nitrogen and oxygen atoms in total. The maximum Gasteiger partial charge on any atom is 0.266 e. The lowest BCUT2D eigenvalue weighted by atomic mass is 10.2. The number of hydrogen-bond acceptors (Lipinski definition) is 7. The second kappa shape index (κ2) is 8.72. The van der Waals surface area contributed by atoms with Crippen molar-refractivity contribution in [2.45, 2.75) is 31.2 Å². The minimum Gasteiger partial charge on any atom is -0.419 e. The van der Waals surface area contributed by atoms with Crippen molar-refractivity contribution in [1.29, 1.82) is 0 Å². The van der Waals surface area contributed by atoms with E-state index < -0.39 is 0 Å². The topological polar surface area (TPSA) is 73.8 Å². The van der Waals surface area contributed by atoms with Crippen molar-refractivity contribution >= 4 is 34.0 Å². The Labute approximate surface area is 193 Å². The van der Waals surface area contributed by atoms with Crippen LogP contribution in [-0.2, 0) is 12.2 Å². The quantitative estimate of drug-likeness (QED) is 0.240. The van der Waals surface area contributed by atoms with Gasteiger partial charge in [-0.1, -0.05) is 49.0 Å². The number of aromatic nitrogens is 4. The fourth-order valence-electron chi connectivity index (χ4n) is 3.53. The number of para-hydroxylation sites is 2. The second-order valence-electron chi connectivity index (χ2n) is 7.25. The molecular weight excluding hydrogens is 440 g/mol. The summed E-state index contributed by atoms with van der Waals surface area (Å²) in [5.74, 6) is 1.44. The Hall–Kier alpha value is -3.23. The Morgan fingerprint density at radius 2 is 1.84 bits per heavy atom. The molecule has 8 heteroatoms. The Morgan fingerprint density at radius 1 is 1.06 bits per heavy atom. The van der Waals surface area contributed by atoms with Gasteiger partial charge in [0.05, 0.1) is 27.2 Å². The zero-order valence-corrected chi connectivity index (χ0v) is 19.2. The van der Waals surface area contributed by atoms with Gasteiger partial charge < -0.3 is 4.42 Å². The number of thiophene rings is 1. The average Bonchev–Trinajstić information content (AvgIpc) is 3.44. The summed E-state index contributed by atoms with van der Waals surface area (Å²) in [6.07, 6.45) is 0.984. The molecule has 5 rings (SSSR count). The van der Waals surface area contributed by atoms with Gasteiger partial charge in [-0.25, -0.2) is 4.98 Å². The number of nitrogens with zero attached hydrogens (tertiary/aromatic N) is 4. The van der Waals surface area contributed by atoms with Gasteiger partial charge in [-0.05, 0) is 49.2 Å². The Morgan fingerprint density at radius 3 is 2.62 bits per heavy atom. The minimum atomic E-state index is -0.100. The van der Waals surface area contributed by atoms with Crippen LogP contribution in [0.1, 0.15) is 23.3 Å². The fourth-order valence-corrected chi connectivity index (χ4v) is 5.41. The van der Waals surface area contributed by atoms with Crippen molar-refractivity contribution in [2.24, 2.45) is 0 Å². The molecule has 0 spiro atoms. The highest BCUT2D eigenvalue weighted by atomic mass is 32.2. The molecule has 32 heavy (non-hydrogen) atoms. The van der Waals surface area contributed by atoms with Gasteiger partial charge in [0.15, 0.2) is 5.16 Å². The van der Waals surface area contributed by atoms with E-state index in [2.05, 4.69) is 30.1 Å². The fraction of sp³-hybridized carbons (Fsp3) is 0.167. The minimum absolute atomic E-state index is 0.100. The smallest absolute Gasteiger partial charge is 0.266 e. The summed E-state index contributed by atoms with van der Waals surface area (Å²) in [6.45, 7) is 4.24. The molecular formula is C24H20N4O2S2. The Bertz CT molecular complexity index is 1450. The van der Waals surface area contributed by atoms with Crippen LogP contribution in [0, 0.1) is 6.92 Å². The predicted molar refractivity (Wildman–Crippen MR) is 129 cm³/mol. The van der Waals surface area contributed by atoms with Crippen LogP contribution in [0.5, 0.6) is 0 Å². The third-order valence-electron chi connectivity index (χ3n) is 5.10. The maximum atomic E-state index is 13.3. The molecule has 0 fully saturated rings. The van der Waals surface area contributed by atoms with Gasteiger partial charge in [-0.3, -0.25) is 9.36 Å². The van der Waals surface area contributed by atoms with Crippen LogP contribution in [0.4, 0.5) is 0 Å². The molecule has 2 aromatic carbocycles. The van der Waals surface area contributed by atoms with E-state index in [1.54, 1.807) is 22.0 Å². The second-order valence-corrected chi connectivity index (χ2v) is 9.33. The molecule has 0 aliphatic rings. The molecule has 0 saturated heterocycles. The van der Waals surface area contributed by atoms with E-state index in [4.69, 9.17) is 9.40 Å². The highest BCUT2D eigenvalue weighted by Gasteiger charge is 2.16. The Balaban J connectivity index is 1.48. The van der Waals surface area contributed by atoms with E-state index in [0.29, 0.717) is 33.6 Å². The van der Waals surface area contributed by atoms with Gasteiger partial charge in [0.2, 0.25) is 5.89 Å². The Kier molecular flexibility index (Phi) is 5.63. The van der Waals surface area contributed by atoms with Gasteiger partial charge in [-0.15, -0.1) is 21.5 Å². The van der Waals surface area contributed by atoms with Gasteiger partial charge in [0.25, 0.3) is 11.4 Å². The highest BCUT2D eigenvalue weighted by molar-refractivity contribution is 7.98. The third kappa shape index (κ3) is 3.87. The van der Waals surface area contributed by atoms with Crippen LogP contribution in [0.25, 0.3) is 27.4 Å². The summed E-state index contributed by atoms with van der Waals surface area (Å²) in [7, 11) is 0. The van der Waals surface area contributed by atoms with Crippen molar-refractivity contribution in [3.05, 3.63) is 87.3 Å². The number of aryl methyl sites for hydroxylation is 2. The first-order valence-corrected chi connectivity index (χ1v) is 12.1. The summed E-state index contributed by atoms with van der Waals surface area (Å²) in [4.78, 5) is 20.3. The normalized spacial score (nSPS) is 11.3. The zero-order valence-electron chi connectivity index (χ0n) is 17.6. The lowest BCUT2D eigenvalue weighted by Gasteiger charge is -2.12. The molecule has 0 saturated carbocycles. The van der Waals surface area contributed by atoms with E-state index in [0.717, 1.165) is 17.0 Å². The third-order valence-corrected chi connectivity index (χ3v) is 7.40. The van der Waals surface area contributed by atoms with E-state index in [9.17, 15) is 4.79 Å². The molecule has 0 aliphatic heterocycles. The molecule has 0 aliphatic carbocycles. The van der Waals surface area contributed by atoms with E-state index >= 15 is 0 Å². The van der Waals surface area contributed by atoms with Gasteiger partial charge >= 0.3 is 0 Å². The number of thioether (sulfide) groups is 1. The maximum absolute atomic E-state index is 13.3. The molecule has 160 valence electrons. The summed E-state index contributed by atoms with van der Waals surface area (Å²) >= 11 is 3.09. The number of rotatable bonds is 6. The molecule has 3 aromatic heterocycles. The molecule has 0 unspecified atom stereocenters. The lowest BCUT2D eigenvalue weighted by Crippen LogP contribution is -2.21. The molecule has 0 amide bonds. The molecule has 3 heterocycles. The average molecular weight is 461 g/mol. The van der Waals surface area contributed by atoms with Gasteiger partial charge in [0, 0.05) is 4.88 Å². The monoisotopic (exact) mass is 460 g/mol. The predicted octanol–water partition coefficient (Wildman–Crippen LogP) is 5.66. The zero-order chi connectivity index (χ0) is 22.1. The highest BCUT2D eigenvalue weighted by Crippen LogP contribution is 2.32. The van der Waals surface area contributed by atoms with E-state index in [1.807, 2.05) is 48.5 Å². The van der Waals surface area contributed by atoms with Crippen LogP contribution < -0.4 is 5.56 Å². The van der Waals surface area contributed by atoms with Crippen LogP contribution in [0.15, 0.2) is 75.0 Å². The first-order valence-electron chi connectivity index (χ1n) is 10.3. The molecule has 0 radical (unpaired) electrons. The van der Waals surface area contributed by atoms with Crippen molar-refractivity contribution in [3.8, 4) is 16.5 Å². The van der Waals surface area contributed by atoms with Crippen molar-refractivity contribution in [1.82, 2.24) is 19.7 Å². The summed E-state index contributed by atoms with van der Waals surface area (Å²) in [5, 5.41) is 9.61. The number of benzene rings is 2. The number of hydrogen-bond donors (Lipinski definition) is 0.